The lowest BCUT2D eigenvalue weighted by atomic mass is 10.3. The average molecular weight is 224 g/mol. The van der Waals surface area contributed by atoms with E-state index >= 15 is 0 Å². The minimum absolute atomic E-state index is 0.194. The fourth-order valence-corrected chi connectivity index (χ4v) is 2.17. The van der Waals surface area contributed by atoms with Crippen molar-refractivity contribution in [2.45, 2.75) is 31.2 Å². The molecule has 0 saturated carbocycles. The summed E-state index contributed by atoms with van der Waals surface area (Å²) in [6.07, 6.45) is 5.02. The second-order valence-corrected chi connectivity index (χ2v) is 4.28. The largest absolute Gasteiger partial charge is 0.545 e. The highest BCUT2D eigenvalue weighted by Gasteiger charge is 2.03. The summed E-state index contributed by atoms with van der Waals surface area (Å²) in [5, 5.41) is 11.3. The number of carbonyl (C=O) groups excluding carboxylic acids is 1. The lowest BCUT2D eigenvalue weighted by molar-refractivity contribution is -0.255. The molecule has 0 saturated heterocycles. The quantitative estimate of drug-likeness (QED) is 0.545. The number of carboxylic acid groups (broad SMARTS) is 1. The smallest absolute Gasteiger partial charge is 0.105 e. The Bertz CT molecular complexity index is 328. The summed E-state index contributed by atoms with van der Waals surface area (Å²) in [4.78, 5) is 14.8. The van der Waals surface area contributed by atoms with Crippen molar-refractivity contribution in [3.05, 3.63) is 23.9 Å². The Morgan fingerprint density at radius 3 is 3.00 bits per heavy atom. The van der Waals surface area contributed by atoms with Gasteiger partial charge in [0.25, 0.3) is 0 Å². The van der Waals surface area contributed by atoms with Crippen LogP contribution in [0.2, 0.25) is 0 Å². The molecule has 0 amide bonds. The molecular formula is C11H14NO2S-. The Morgan fingerprint density at radius 1 is 1.53 bits per heavy atom. The van der Waals surface area contributed by atoms with E-state index in [0.717, 1.165) is 18.6 Å². The third kappa shape index (κ3) is 3.91. The predicted molar refractivity (Wildman–Crippen MR) is 58.8 cm³/mol. The fraction of sp³-hybridized carbons (Fsp3) is 0.455. The summed E-state index contributed by atoms with van der Waals surface area (Å²) in [7, 11) is 0. The minimum atomic E-state index is -1.15. The molecule has 0 bridgehead atoms. The molecule has 0 aliphatic heterocycles. The van der Waals surface area contributed by atoms with Crippen LogP contribution in [-0.2, 0) is 0 Å². The summed E-state index contributed by atoms with van der Waals surface area (Å²) in [5.74, 6) is -0.244. The molecular weight excluding hydrogens is 210 g/mol. The van der Waals surface area contributed by atoms with E-state index in [1.165, 1.54) is 24.2 Å². The van der Waals surface area contributed by atoms with Crippen LogP contribution in [0.5, 0.6) is 0 Å². The first kappa shape index (κ1) is 12.0. The van der Waals surface area contributed by atoms with Gasteiger partial charge in [0.2, 0.25) is 0 Å². The molecule has 0 aliphatic rings. The number of pyridine rings is 1. The third-order valence-corrected chi connectivity index (χ3v) is 3.07. The number of nitrogens with zero attached hydrogens (tertiary/aromatic N) is 1. The van der Waals surface area contributed by atoms with Crippen LogP contribution in [0.3, 0.4) is 0 Å². The van der Waals surface area contributed by atoms with Crippen molar-refractivity contribution in [3.8, 4) is 0 Å². The van der Waals surface area contributed by atoms with Gasteiger partial charge < -0.3 is 9.90 Å². The SMILES string of the molecule is CCCCCSc1ncccc1C(=O)[O-]. The molecule has 82 valence electrons. The van der Waals surface area contributed by atoms with Gasteiger partial charge in [-0.3, -0.25) is 0 Å². The Morgan fingerprint density at radius 2 is 2.33 bits per heavy atom. The summed E-state index contributed by atoms with van der Waals surface area (Å²) in [5.41, 5.74) is 0.194. The van der Waals surface area contributed by atoms with Gasteiger partial charge in [-0.1, -0.05) is 19.8 Å². The third-order valence-electron chi connectivity index (χ3n) is 1.98. The van der Waals surface area contributed by atoms with E-state index in [9.17, 15) is 9.90 Å². The van der Waals surface area contributed by atoms with Crippen LogP contribution in [0.1, 0.15) is 36.5 Å². The van der Waals surface area contributed by atoms with Crippen LogP contribution >= 0.6 is 11.8 Å². The molecule has 0 aromatic carbocycles. The van der Waals surface area contributed by atoms with E-state index in [4.69, 9.17) is 0 Å². The molecule has 0 spiro atoms. The van der Waals surface area contributed by atoms with E-state index < -0.39 is 5.97 Å². The van der Waals surface area contributed by atoms with E-state index in [2.05, 4.69) is 11.9 Å². The van der Waals surface area contributed by atoms with Crippen molar-refractivity contribution in [1.29, 1.82) is 0 Å². The predicted octanol–water partition coefficient (Wildman–Crippen LogP) is 1.73. The lowest BCUT2D eigenvalue weighted by Crippen LogP contribution is -2.23. The highest BCUT2D eigenvalue weighted by Crippen LogP contribution is 2.20. The number of hydrogen-bond donors (Lipinski definition) is 0. The summed E-state index contributed by atoms with van der Waals surface area (Å²) in [6.45, 7) is 2.14. The van der Waals surface area contributed by atoms with Crippen molar-refractivity contribution in [2.24, 2.45) is 0 Å². The van der Waals surface area contributed by atoms with E-state index in [1.54, 1.807) is 12.3 Å². The zero-order valence-electron chi connectivity index (χ0n) is 8.73. The molecule has 15 heavy (non-hydrogen) atoms. The molecule has 0 unspecified atom stereocenters. The summed E-state index contributed by atoms with van der Waals surface area (Å²) < 4.78 is 0. The first-order chi connectivity index (χ1) is 7.25. The van der Waals surface area contributed by atoms with Gasteiger partial charge in [0.15, 0.2) is 0 Å². The number of thioether (sulfide) groups is 1. The average Bonchev–Trinajstić information content (AvgIpc) is 2.25. The number of carbonyl (C=O) groups is 1. The first-order valence-electron chi connectivity index (χ1n) is 5.05. The van der Waals surface area contributed by atoms with Gasteiger partial charge in [0.1, 0.15) is 5.03 Å². The maximum absolute atomic E-state index is 10.7. The normalized spacial score (nSPS) is 10.2. The second-order valence-electron chi connectivity index (χ2n) is 3.20. The molecule has 0 aliphatic carbocycles. The molecule has 0 radical (unpaired) electrons. The van der Waals surface area contributed by atoms with E-state index in [0.29, 0.717) is 5.03 Å². The molecule has 1 aromatic heterocycles. The van der Waals surface area contributed by atoms with Gasteiger partial charge in [0.05, 0.1) is 5.97 Å². The van der Waals surface area contributed by atoms with E-state index in [1.807, 2.05) is 0 Å². The van der Waals surface area contributed by atoms with Crippen LogP contribution in [0.15, 0.2) is 23.4 Å². The van der Waals surface area contributed by atoms with Gasteiger partial charge in [-0.05, 0) is 24.3 Å². The Balaban J connectivity index is 2.56. The molecule has 1 aromatic rings. The summed E-state index contributed by atoms with van der Waals surface area (Å²) >= 11 is 1.48. The summed E-state index contributed by atoms with van der Waals surface area (Å²) in [6, 6.07) is 3.14. The maximum atomic E-state index is 10.7. The number of aromatic carboxylic acids is 1. The van der Waals surface area contributed by atoms with Crippen LogP contribution in [-0.4, -0.2) is 16.7 Å². The van der Waals surface area contributed by atoms with Gasteiger partial charge in [0, 0.05) is 11.8 Å². The van der Waals surface area contributed by atoms with Gasteiger partial charge in [-0.15, -0.1) is 11.8 Å². The second kappa shape index (κ2) is 6.45. The van der Waals surface area contributed by atoms with Gasteiger partial charge in [-0.25, -0.2) is 4.98 Å². The molecule has 3 nitrogen and oxygen atoms in total. The zero-order valence-corrected chi connectivity index (χ0v) is 9.55. The Hall–Kier alpha value is -1.03. The van der Waals surface area contributed by atoms with Gasteiger partial charge >= 0.3 is 0 Å². The number of hydrogen-bond acceptors (Lipinski definition) is 4. The Kier molecular flexibility index (Phi) is 5.18. The Labute approximate surface area is 93.9 Å². The van der Waals surface area contributed by atoms with Crippen molar-refractivity contribution < 1.29 is 9.90 Å². The molecule has 4 heteroatoms. The number of rotatable bonds is 6. The number of unbranched alkanes of at least 4 members (excludes halogenated alkanes) is 2. The highest BCUT2D eigenvalue weighted by molar-refractivity contribution is 7.99. The van der Waals surface area contributed by atoms with Crippen LogP contribution in [0, 0.1) is 0 Å². The highest BCUT2D eigenvalue weighted by atomic mass is 32.2. The van der Waals surface area contributed by atoms with Crippen molar-refractivity contribution >= 4 is 17.7 Å². The first-order valence-corrected chi connectivity index (χ1v) is 6.03. The number of aromatic nitrogens is 1. The number of carboxylic acids is 1. The van der Waals surface area contributed by atoms with Crippen LogP contribution in [0.25, 0.3) is 0 Å². The van der Waals surface area contributed by atoms with Crippen molar-refractivity contribution in [2.75, 3.05) is 5.75 Å². The van der Waals surface area contributed by atoms with Crippen molar-refractivity contribution in [1.82, 2.24) is 4.98 Å². The molecule has 0 atom stereocenters. The molecule has 1 rings (SSSR count). The zero-order chi connectivity index (χ0) is 11.1. The lowest BCUT2D eigenvalue weighted by Gasteiger charge is -2.07. The van der Waals surface area contributed by atoms with Gasteiger partial charge in [-0.2, -0.15) is 0 Å². The monoisotopic (exact) mass is 224 g/mol. The molecule has 0 N–H and O–H groups in total. The molecule has 0 fully saturated rings. The topological polar surface area (TPSA) is 53.0 Å². The minimum Gasteiger partial charge on any atom is -0.545 e. The van der Waals surface area contributed by atoms with Crippen LogP contribution < -0.4 is 5.11 Å². The standard InChI is InChI=1S/C11H15NO2S/c1-2-3-4-8-15-10-9(11(13)14)6-5-7-12-10/h5-7H,2-4,8H2,1H3,(H,13,14)/p-1. The van der Waals surface area contributed by atoms with Crippen molar-refractivity contribution in [3.63, 3.8) is 0 Å². The fourth-order valence-electron chi connectivity index (χ4n) is 1.18. The molecule has 1 heterocycles. The van der Waals surface area contributed by atoms with E-state index in [-0.39, 0.29) is 5.56 Å². The maximum Gasteiger partial charge on any atom is 0.105 e. The van der Waals surface area contributed by atoms with Crippen LogP contribution in [0.4, 0.5) is 0 Å².